The molecule has 0 saturated carbocycles. The van der Waals surface area contributed by atoms with Gasteiger partial charge in [-0.2, -0.15) is 4.98 Å². The van der Waals surface area contributed by atoms with Crippen molar-refractivity contribution in [1.29, 1.82) is 0 Å². The molecule has 0 saturated heterocycles. The van der Waals surface area contributed by atoms with Crippen molar-refractivity contribution in [2.45, 2.75) is 16.5 Å². The van der Waals surface area contributed by atoms with Gasteiger partial charge in [0.15, 0.2) is 5.16 Å². The van der Waals surface area contributed by atoms with Gasteiger partial charge in [-0.3, -0.25) is 19.4 Å². The van der Waals surface area contributed by atoms with Gasteiger partial charge >= 0.3 is 11.1 Å². The van der Waals surface area contributed by atoms with Crippen LogP contribution in [-0.4, -0.2) is 21.3 Å². The summed E-state index contributed by atoms with van der Waals surface area (Å²) in [6.45, 7) is 0.584. The number of aromatic amines is 1. The maximum Gasteiger partial charge on any atom is 0.339 e. The van der Waals surface area contributed by atoms with Crippen molar-refractivity contribution in [2.75, 3.05) is 6.54 Å². The van der Waals surface area contributed by atoms with Gasteiger partial charge < -0.3 is 5.73 Å². The first-order valence-corrected chi connectivity index (χ1v) is 7.46. The van der Waals surface area contributed by atoms with Crippen LogP contribution in [0, 0.1) is 0 Å². The summed E-state index contributed by atoms with van der Waals surface area (Å²) in [7, 11) is 1.63. The molecule has 0 aliphatic heterocycles. The largest absolute Gasteiger partial charge is 0.339 e. The molecule has 3 N–H and O–H groups in total. The van der Waals surface area contributed by atoms with E-state index >= 15 is 0 Å². The average Bonchev–Trinajstić information content (AvgIpc) is 2.39. The van der Waals surface area contributed by atoms with Crippen molar-refractivity contribution in [3.05, 3.63) is 48.9 Å². The number of H-pyrrole nitrogens is 1. The van der Waals surface area contributed by atoms with Crippen molar-refractivity contribution in [3.63, 3.8) is 0 Å². The van der Waals surface area contributed by atoms with Crippen LogP contribution in [0.5, 0.6) is 0 Å². The Morgan fingerprint density at radius 1 is 1.45 bits per heavy atom. The second-order valence-electron chi connectivity index (χ2n) is 4.09. The molecule has 0 aliphatic rings. The lowest BCUT2D eigenvalue weighted by atomic mass is 10.1. The van der Waals surface area contributed by atoms with Gasteiger partial charge in [-0.05, 0) is 30.7 Å². The Bertz CT molecular complexity index is 741. The van der Waals surface area contributed by atoms with E-state index in [-0.39, 0.29) is 0 Å². The molecule has 0 fully saturated rings. The second-order valence-corrected chi connectivity index (χ2v) is 5.99. The van der Waals surface area contributed by atoms with Crippen LogP contribution >= 0.6 is 27.7 Å². The van der Waals surface area contributed by atoms with Crippen LogP contribution in [0.1, 0.15) is 5.56 Å². The van der Waals surface area contributed by atoms with E-state index in [4.69, 9.17) is 5.73 Å². The smallest absolute Gasteiger partial charge is 0.330 e. The van der Waals surface area contributed by atoms with E-state index in [1.54, 1.807) is 7.05 Å². The molecule has 6 nitrogen and oxygen atoms in total. The fraction of sp³-hybridized carbons (Fsp3) is 0.250. The number of benzene rings is 1. The molecular weight excluding hydrogens is 344 g/mol. The summed E-state index contributed by atoms with van der Waals surface area (Å²) >= 11 is 4.79. The van der Waals surface area contributed by atoms with Crippen LogP contribution in [-0.2, 0) is 13.5 Å². The third-order valence-electron chi connectivity index (χ3n) is 2.59. The fourth-order valence-corrected chi connectivity index (χ4v) is 3.17. The molecule has 1 aromatic carbocycles. The molecule has 1 heterocycles. The zero-order valence-electron chi connectivity index (χ0n) is 10.7. The van der Waals surface area contributed by atoms with Crippen LogP contribution in [0.25, 0.3) is 0 Å². The molecule has 2 aromatic rings. The summed E-state index contributed by atoms with van der Waals surface area (Å²) in [4.78, 5) is 27.1. The predicted octanol–water partition coefficient (Wildman–Crippen LogP) is 0.883. The van der Waals surface area contributed by atoms with Crippen molar-refractivity contribution in [3.8, 4) is 0 Å². The number of aryl methyl sites for hydroxylation is 1. The summed E-state index contributed by atoms with van der Waals surface area (Å²) in [6, 6.07) is 5.84. The number of rotatable bonds is 4. The van der Waals surface area contributed by atoms with Gasteiger partial charge in [0.1, 0.15) is 0 Å². The lowest BCUT2D eigenvalue weighted by Crippen LogP contribution is -2.33. The van der Waals surface area contributed by atoms with Gasteiger partial charge in [-0.25, -0.2) is 0 Å². The minimum Gasteiger partial charge on any atom is -0.330 e. The molecule has 20 heavy (non-hydrogen) atoms. The lowest BCUT2D eigenvalue weighted by molar-refractivity contribution is 0.596. The Balaban J connectivity index is 2.31. The van der Waals surface area contributed by atoms with Gasteiger partial charge in [-0.15, -0.1) is 0 Å². The standard InChI is InChI=1S/C12H13BrN4O2S/c1-17-12(15-10(18)11(19)16-17)20-8-3-2-7(4-5-14)9(13)6-8/h2-3,6H,4-5,14H2,1H3,(H,16,19). The van der Waals surface area contributed by atoms with Crippen LogP contribution < -0.4 is 16.9 Å². The highest BCUT2D eigenvalue weighted by molar-refractivity contribution is 9.10. The quantitative estimate of drug-likeness (QED) is 0.793. The first-order chi connectivity index (χ1) is 9.51. The molecule has 0 amide bonds. The number of halogens is 1. The molecule has 0 bridgehead atoms. The van der Waals surface area contributed by atoms with Crippen LogP contribution in [0.4, 0.5) is 0 Å². The Labute approximate surface area is 127 Å². The van der Waals surface area contributed by atoms with Crippen LogP contribution in [0.2, 0.25) is 0 Å². The molecule has 0 spiro atoms. The van der Waals surface area contributed by atoms with Crippen LogP contribution in [0.3, 0.4) is 0 Å². The first-order valence-electron chi connectivity index (χ1n) is 5.85. The maximum absolute atomic E-state index is 11.3. The number of nitrogens with zero attached hydrogens (tertiary/aromatic N) is 2. The average molecular weight is 357 g/mol. The number of hydrogen-bond donors (Lipinski definition) is 2. The monoisotopic (exact) mass is 356 g/mol. The number of aromatic nitrogens is 3. The number of hydrogen-bond acceptors (Lipinski definition) is 5. The van der Waals surface area contributed by atoms with Gasteiger partial charge in [0.2, 0.25) is 0 Å². The Kier molecular flexibility index (Phi) is 4.79. The molecular formula is C12H13BrN4O2S. The molecule has 8 heteroatoms. The number of nitrogens with one attached hydrogen (secondary N) is 1. The van der Waals surface area contributed by atoms with E-state index in [0.29, 0.717) is 11.7 Å². The Hall–Kier alpha value is -1.38. The first kappa shape index (κ1) is 15.0. The minimum absolute atomic E-state index is 0.424. The highest BCUT2D eigenvalue weighted by Gasteiger charge is 2.08. The van der Waals surface area contributed by atoms with E-state index < -0.39 is 11.1 Å². The molecule has 0 aliphatic carbocycles. The number of nitrogens with two attached hydrogens (primary N) is 1. The van der Waals surface area contributed by atoms with E-state index in [9.17, 15) is 9.59 Å². The summed E-state index contributed by atoms with van der Waals surface area (Å²) in [5.41, 5.74) is 5.15. The maximum atomic E-state index is 11.3. The van der Waals surface area contributed by atoms with E-state index in [1.165, 1.54) is 16.4 Å². The zero-order chi connectivity index (χ0) is 14.7. The summed E-state index contributed by atoms with van der Waals surface area (Å²) in [6.07, 6.45) is 0.793. The van der Waals surface area contributed by atoms with Crippen LogP contribution in [0.15, 0.2) is 42.3 Å². The Morgan fingerprint density at radius 2 is 2.20 bits per heavy atom. The van der Waals surface area contributed by atoms with E-state index in [2.05, 4.69) is 26.0 Å². The third kappa shape index (κ3) is 3.38. The van der Waals surface area contributed by atoms with Gasteiger partial charge in [0.25, 0.3) is 0 Å². The van der Waals surface area contributed by atoms with E-state index in [0.717, 1.165) is 21.4 Å². The normalized spacial score (nSPS) is 10.8. The zero-order valence-corrected chi connectivity index (χ0v) is 13.1. The highest BCUT2D eigenvalue weighted by Crippen LogP contribution is 2.29. The van der Waals surface area contributed by atoms with Gasteiger partial charge in [0, 0.05) is 16.4 Å². The fourth-order valence-electron chi connectivity index (χ4n) is 1.61. The Morgan fingerprint density at radius 3 is 2.85 bits per heavy atom. The topological polar surface area (TPSA) is 93.8 Å². The van der Waals surface area contributed by atoms with Crippen molar-refractivity contribution in [1.82, 2.24) is 14.8 Å². The molecule has 1 aromatic heterocycles. The molecule has 2 rings (SSSR count). The molecule has 0 atom stereocenters. The minimum atomic E-state index is -0.788. The predicted molar refractivity (Wildman–Crippen MR) is 81.1 cm³/mol. The van der Waals surface area contributed by atoms with Crippen molar-refractivity contribution in [2.24, 2.45) is 12.8 Å². The van der Waals surface area contributed by atoms with E-state index in [1.807, 2.05) is 18.2 Å². The lowest BCUT2D eigenvalue weighted by Gasteiger charge is -2.08. The van der Waals surface area contributed by atoms with Crippen molar-refractivity contribution < 1.29 is 0 Å². The van der Waals surface area contributed by atoms with Gasteiger partial charge in [-0.1, -0.05) is 33.8 Å². The third-order valence-corrected chi connectivity index (χ3v) is 4.37. The summed E-state index contributed by atoms with van der Waals surface area (Å²) in [5, 5.41) is 2.83. The second kappa shape index (κ2) is 6.38. The summed E-state index contributed by atoms with van der Waals surface area (Å²) < 4.78 is 2.39. The summed E-state index contributed by atoms with van der Waals surface area (Å²) in [5.74, 6) is 0. The van der Waals surface area contributed by atoms with Gasteiger partial charge in [0.05, 0.1) is 0 Å². The highest BCUT2D eigenvalue weighted by atomic mass is 79.9. The molecule has 0 radical (unpaired) electrons. The molecule has 0 unspecified atom stereocenters. The molecule has 106 valence electrons. The SMILES string of the molecule is Cn1[nH]c(=O)c(=O)nc1Sc1ccc(CCN)c(Br)c1. The van der Waals surface area contributed by atoms with Crippen molar-refractivity contribution >= 4 is 27.7 Å².